The Morgan fingerprint density at radius 1 is 1.57 bits per heavy atom. The van der Waals surface area contributed by atoms with Gasteiger partial charge < -0.3 is 16.2 Å². The number of carbonyl (C=O) groups excluding carboxylic acids is 2. The van der Waals surface area contributed by atoms with E-state index in [1.807, 2.05) is 0 Å². The van der Waals surface area contributed by atoms with Crippen LogP contribution in [0.4, 0.5) is 0 Å². The molecule has 0 aliphatic rings. The van der Waals surface area contributed by atoms with Crippen molar-refractivity contribution in [3.8, 4) is 0 Å². The lowest BCUT2D eigenvalue weighted by molar-refractivity contribution is -0.137. The van der Waals surface area contributed by atoms with Gasteiger partial charge in [-0.05, 0) is 0 Å². The summed E-state index contributed by atoms with van der Waals surface area (Å²) in [6.07, 6.45) is 0.895. The summed E-state index contributed by atoms with van der Waals surface area (Å²) in [5, 5.41) is 10.5. The third kappa shape index (κ3) is 4.83. The quantitative estimate of drug-likeness (QED) is 0.399. The second kappa shape index (κ2) is 6.39. The summed E-state index contributed by atoms with van der Waals surface area (Å²) < 4.78 is 0. The Labute approximate surface area is 86.3 Å². The second-order valence-corrected chi connectivity index (χ2v) is 2.93. The summed E-state index contributed by atoms with van der Waals surface area (Å²) in [5.74, 6) is -1.70. The summed E-state index contributed by atoms with van der Waals surface area (Å²) in [6, 6.07) is -2.02. The van der Waals surface area contributed by atoms with Crippen molar-refractivity contribution in [3.05, 3.63) is 0 Å². The largest absolute Gasteiger partial charge is 0.481 e. The Hall–Kier alpha value is -1.08. The van der Waals surface area contributed by atoms with Gasteiger partial charge in [0, 0.05) is 5.75 Å². The highest BCUT2D eigenvalue weighted by Gasteiger charge is 2.19. The Kier molecular flexibility index (Phi) is 5.89. The fourth-order valence-electron chi connectivity index (χ4n) is 0.658. The van der Waals surface area contributed by atoms with E-state index in [9.17, 15) is 14.4 Å². The molecule has 2 atom stereocenters. The van der Waals surface area contributed by atoms with Crippen LogP contribution in [0.3, 0.4) is 0 Å². The fourth-order valence-corrected chi connectivity index (χ4v) is 0.824. The van der Waals surface area contributed by atoms with Gasteiger partial charge in [0.05, 0.1) is 12.5 Å². The van der Waals surface area contributed by atoms with Crippen LogP contribution in [0.5, 0.6) is 0 Å². The SMILES string of the molecule is N[C@@H](CS)C(=O)N[C@H]([C]=O)CC(=O)O. The number of hydrogen-bond donors (Lipinski definition) is 4. The maximum atomic E-state index is 11.1. The van der Waals surface area contributed by atoms with E-state index in [1.54, 1.807) is 0 Å². The summed E-state index contributed by atoms with van der Waals surface area (Å²) in [6.45, 7) is 0. The number of carboxylic acid groups (broad SMARTS) is 1. The second-order valence-electron chi connectivity index (χ2n) is 2.57. The first-order valence-corrected chi connectivity index (χ1v) is 4.40. The van der Waals surface area contributed by atoms with Gasteiger partial charge in [0.2, 0.25) is 12.2 Å². The smallest absolute Gasteiger partial charge is 0.305 e. The van der Waals surface area contributed by atoms with Gasteiger partial charge in [0.1, 0.15) is 6.04 Å². The molecule has 0 aliphatic heterocycles. The Balaban J connectivity index is 4.11. The molecule has 0 rings (SSSR count). The van der Waals surface area contributed by atoms with Crippen molar-refractivity contribution < 1.29 is 19.5 Å². The molecule has 0 fully saturated rings. The van der Waals surface area contributed by atoms with Gasteiger partial charge in [0.25, 0.3) is 0 Å². The maximum Gasteiger partial charge on any atom is 0.305 e. The molecule has 4 N–H and O–H groups in total. The number of hydrogen-bond acceptors (Lipinski definition) is 5. The van der Waals surface area contributed by atoms with Gasteiger partial charge in [-0.15, -0.1) is 0 Å². The molecule has 79 valence electrons. The summed E-state index contributed by atoms with van der Waals surface area (Å²) in [7, 11) is 0. The van der Waals surface area contributed by atoms with Crippen LogP contribution in [0.2, 0.25) is 0 Å². The molecular weight excluding hydrogens is 208 g/mol. The first kappa shape index (κ1) is 12.9. The number of rotatable bonds is 6. The molecule has 0 spiro atoms. The van der Waals surface area contributed by atoms with Gasteiger partial charge >= 0.3 is 5.97 Å². The number of carbonyl (C=O) groups is 2. The Bertz CT molecular complexity index is 234. The molecule has 0 aliphatic carbocycles. The zero-order valence-corrected chi connectivity index (χ0v) is 8.16. The molecule has 0 unspecified atom stereocenters. The van der Waals surface area contributed by atoms with Crippen LogP contribution in [0.15, 0.2) is 0 Å². The van der Waals surface area contributed by atoms with Crippen LogP contribution in [0, 0.1) is 0 Å². The average molecular weight is 219 g/mol. The normalized spacial score (nSPS) is 14.1. The minimum absolute atomic E-state index is 0.116. The van der Waals surface area contributed by atoms with E-state index < -0.39 is 30.4 Å². The number of aliphatic carboxylic acids is 1. The van der Waals surface area contributed by atoms with Crippen molar-refractivity contribution in [1.29, 1.82) is 0 Å². The van der Waals surface area contributed by atoms with Crippen molar-refractivity contribution in [3.63, 3.8) is 0 Å². The molecule has 7 heteroatoms. The molecule has 0 saturated heterocycles. The third-order valence-electron chi connectivity index (χ3n) is 1.37. The van der Waals surface area contributed by atoms with Crippen molar-refractivity contribution in [2.75, 3.05) is 5.75 Å². The van der Waals surface area contributed by atoms with Crippen molar-refractivity contribution >= 4 is 30.8 Å². The molecule has 0 aromatic rings. The van der Waals surface area contributed by atoms with E-state index in [-0.39, 0.29) is 5.75 Å². The molecule has 0 bridgehead atoms. The minimum atomic E-state index is -1.20. The Morgan fingerprint density at radius 2 is 2.14 bits per heavy atom. The first-order chi connectivity index (χ1) is 6.51. The van der Waals surface area contributed by atoms with Crippen molar-refractivity contribution in [2.45, 2.75) is 18.5 Å². The van der Waals surface area contributed by atoms with Crippen LogP contribution >= 0.6 is 12.6 Å². The van der Waals surface area contributed by atoms with E-state index in [2.05, 4.69) is 17.9 Å². The predicted molar refractivity (Wildman–Crippen MR) is 51.7 cm³/mol. The third-order valence-corrected chi connectivity index (χ3v) is 1.76. The monoisotopic (exact) mass is 219 g/mol. The van der Waals surface area contributed by atoms with Gasteiger partial charge in [-0.2, -0.15) is 12.6 Å². The van der Waals surface area contributed by atoms with Gasteiger partial charge in [-0.1, -0.05) is 0 Å². The van der Waals surface area contributed by atoms with Crippen LogP contribution < -0.4 is 11.1 Å². The molecule has 0 heterocycles. The highest BCUT2D eigenvalue weighted by molar-refractivity contribution is 7.80. The maximum absolute atomic E-state index is 11.1. The highest BCUT2D eigenvalue weighted by atomic mass is 32.1. The lowest BCUT2D eigenvalue weighted by atomic mass is 10.2. The fraction of sp³-hybridized carbons (Fsp3) is 0.571. The van der Waals surface area contributed by atoms with E-state index >= 15 is 0 Å². The number of nitrogens with one attached hydrogen (secondary N) is 1. The molecule has 6 nitrogen and oxygen atoms in total. The molecular formula is C7H11N2O4S. The molecule has 1 radical (unpaired) electrons. The lowest BCUT2D eigenvalue weighted by Crippen LogP contribution is -2.47. The topological polar surface area (TPSA) is 109 Å². The van der Waals surface area contributed by atoms with E-state index in [1.165, 1.54) is 6.29 Å². The zero-order valence-electron chi connectivity index (χ0n) is 7.27. The van der Waals surface area contributed by atoms with E-state index in [0.29, 0.717) is 0 Å². The molecule has 0 saturated carbocycles. The Morgan fingerprint density at radius 3 is 2.50 bits per heavy atom. The summed E-state index contributed by atoms with van der Waals surface area (Å²) in [4.78, 5) is 31.5. The predicted octanol–water partition coefficient (Wildman–Crippen LogP) is -1.69. The average Bonchev–Trinajstić information content (AvgIpc) is 2.14. The molecule has 1 amide bonds. The number of amides is 1. The van der Waals surface area contributed by atoms with Gasteiger partial charge in [-0.3, -0.25) is 14.4 Å². The lowest BCUT2D eigenvalue weighted by Gasteiger charge is -2.12. The van der Waals surface area contributed by atoms with Crippen LogP contribution in [-0.2, 0) is 14.4 Å². The summed E-state index contributed by atoms with van der Waals surface area (Å²) >= 11 is 3.78. The molecule has 0 aromatic heterocycles. The number of carboxylic acids is 1. The minimum Gasteiger partial charge on any atom is -0.481 e. The first-order valence-electron chi connectivity index (χ1n) is 3.77. The van der Waals surface area contributed by atoms with Crippen LogP contribution in [0.25, 0.3) is 0 Å². The van der Waals surface area contributed by atoms with Gasteiger partial charge in [0.15, 0.2) is 0 Å². The summed E-state index contributed by atoms with van der Waals surface area (Å²) in [5.41, 5.74) is 5.28. The number of nitrogens with two attached hydrogens (primary N) is 1. The van der Waals surface area contributed by atoms with Crippen LogP contribution in [-0.4, -0.2) is 41.1 Å². The van der Waals surface area contributed by atoms with E-state index in [0.717, 1.165) is 0 Å². The standard InChI is InChI=1S/C7H11N2O4S/c8-5(3-14)7(13)9-4(2-10)1-6(11)12/h4-5,14H,1,3,8H2,(H,9,13)(H,11,12)/t4-,5-/m0/s1. The molecule has 14 heavy (non-hydrogen) atoms. The highest BCUT2D eigenvalue weighted by Crippen LogP contribution is 1.91. The van der Waals surface area contributed by atoms with Gasteiger partial charge in [-0.25, -0.2) is 0 Å². The number of thiol groups is 1. The van der Waals surface area contributed by atoms with Crippen molar-refractivity contribution in [1.82, 2.24) is 5.32 Å². The zero-order chi connectivity index (χ0) is 11.1. The van der Waals surface area contributed by atoms with Crippen molar-refractivity contribution in [2.24, 2.45) is 5.73 Å². The van der Waals surface area contributed by atoms with E-state index in [4.69, 9.17) is 10.8 Å². The van der Waals surface area contributed by atoms with Crippen LogP contribution in [0.1, 0.15) is 6.42 Å². The molecule has 0 aromatic carbocycles.